The third-order valence-corrected chi connectivity index (χ3v) is 4.03. The van der Waals surface area contributed by atoms with E-state index in [0.29, 0.717) is 6.54 Å². The van der Waals surface area contributed by atoms with Gasteiger partial charge in [0.25, 0.3) is 5.91 Å². The van der Waals surface area contributed by atoms with Crippen molar-refractivity contribution in [2.75, 3.05) is 18.0 Å². The van der Waals surface area contributed by atoms with Crippen LogP contribution >= 0.6 is 11.3 Å². The molecule has 0 aliphatic carbocycles. The number of carbonyl (C=O) groups is 1. The van der Waals surface area contributed by atoms with Crippen LogP contribution in [0.15, 0.2) is 41.8 Å². The summed E-state index contributed by atoms with van der Waals surface area (Å²) in [5.41, 5.74) is 2.07. The Bertz CT molecular complexity index is 550. The van der Waals surface area contributed by atoms with Gasteiger partial charge in [-0.05, 0) is 17.0 Å². The lowest BCUT2D eigenvalue weighted by molar-refractivity contribution is 0.0958. The monoisotopic (exact) mass is 258 g/mol. The minimum atomic E-state index is 0.0433. The van der Waals surface area contributed by atoms with Crippen molar-refractivity contribution < 1.29 is 4.79 Å². The van der Waals surface area contributed by atoms with Gasteiger partial charge in [0.2, 0.25) is 0 Å². The number of anilines is 1. The molecule has 1 N–H and O–H groups in total. The molecule has 0 bridgehead atoms. The number of nitrogens with zero attached hydrogens (tertiary/aromatic N) is 1. The lowest BCUT2D eigenvalue weighted by Crippen LogP contribution is -2.29. The number of thiophene rings is 1. The molecule has 18 heavy (non-hydrogen) atoms. The van der Waals surface area contributed by atoms with Crippen LogP contribution in [0, 0.1) is 0 Å². The maximum atomic E-state index is 11.8. The van der Waals surface area contributed by atoms with Crippen molar-refractivity contribution in [1.29, 1.82) is 0 Å². The van der Waals surface area contributed by atoms with Gasteiger partial charge in [-0.1, -0.05) is 30.3 Å². The molecule has 2 heterocycles. The number of hydrogen-bond donors (Lipinski definition) is 1. The van der Waals surface area contributed by atoms with Gasteiger partial charge < -0.3 is 10.2 Å². The predicted octanol–water partition coefficient (Wildman–Crippen LogP) is 2.50. The summed E-state index contributed by atoms with van der Waals surface area (Å²) in [5, 5.41) is 5.99. The number of fused-ring (bicyclic) bond motifs is 1. The second-order valence-corrected chi connectivity index (χ2v) is 5.20. The fourth-order valence-electron chi connectivity index (χ4n) is 2.17. The SMILES string of the molecule is O=C1NCCN(Cc2ccccc2)c2sccc21. The minimum absolute atomic E-state index is 0.0433. The molecule has 92 valence electrons. The van der Waals surface area contributed by atoms with Gasteiger partial charge in [0.1, 0.15) is 5.00 Å². The Kier molecular flexibility index (Phi) is 3.02. The van der Waals surface area contributed by atoms with E-state index in [1.165, 1.54) is 5.56 Å². The van der Waals surface area contributed by atoms with Crippen LogP contribution in [0.5, 0.6) is 0 Å². The fraction of sp³-hybridized carbons (Fsp3) is 0.214. The lowest BCUT2D eigenvalue weighted by atomic mass is 10.2. The molecule has 1 aromatic carbocycles. The highest BCUT2D eigenvalue weighted by atomic mass is 32.1. The first kappa shape index (κ1) is 11.3. The topological polar surface area (TPSA) is 32.3 Å². The molecule has 0 radical (unpaired) electrons. The van der Waals surface area contributed by atoms with E-state index in [1.807, 2.05) is 29.6 Å². The zero-order chi connectivity index (χ0) is 12.4. The molecule has 1 aromatic heterocycles. The van der Waals surface area contributed by atoms with Crippen LogP contribution in [0.25, 0.3) is 0 Å². The van der Waals surface area contributed by atoms with Crippen molar-refractivity contribution in [3.63, 3.8) is 0 Å². The molecule has 3 rings (SSSR count). The summed E-state index contributed by atoms with van der Waals surface area (Å²) < 4.78 is 0. The van der Waals surface area contributed by atoms with Gasteiger partial charge in [-0.3, -0.25) is 4.79 Å². The molecule has 0 saturated carbocycles. The normalized spacial score (nSPS) is 14.9. The van der Waals surface area contributed by atoms with Gasteiger partial charge in [0.05, 0.1) is 5.56 Å². The van der Waals surface area contributed by atoms with Crippen molar-refractivity contribution in [3.05, 3.63) is 52.9 Å². The van der Waals surface area contributed by atoms with Crippen LogP contribution in [-0.4, -0.2) is 19.0 Å². The first-order chi connectivity index (χ1) is 8.84. The summed E-state index contributed by atoms with van der Waals surface area (Å²) in [6.45, 7) is 2.41. The van der Waals surface area contributed by atoms with Crippen LogP contribution in [-0.2, 0) is 6.54 Å². The highest BCUT2D eigenvalue weighted by molar-refractivity contribution is 7.14. The molecule has 3 nitrogen and oxygen atoms in total. The van der Waals surface area contributed by atoms with Gasteiger partial charge in [0.15, 0.2) is 0 Å². The number of rotatable bonds is 2. The standard InChI is InChI=1S/C14H14N2OS/c17-13-12-6-9-18-14(12)16(8-7-15-13)10-11-4-2-1-3-5-11/h1-6,9H,7-8,10H2,(H,15,17). The van der Waals surface area contributed by atoms with Gasteiger partial charge >= 0.3 is 0 Å². The Morgan fingerprint density at radius 3 is 2.89 bits per heavy atom. The van der Waals surface area contributed by atoms with Crippen LogP contribution in [0.1, 0.15) is 15.9 Å². The van der Waals surface area contributed by atoms with E-state index in [1.54, 1.807) is 11.3 Å². The highest BCUT2D eigenvalue weighted by Gasteiger charge is 2.21. The summed E-state index contributed by atoms with van der Waals surface area (Å²) in [6.07, 6.45) is 0. The molecular formula is C14H14N2OS. The minimum Gasteiger partial charge on any atom is -0.357 e. The van der Waals surface area contributed by atoms with Crippen molar-refractivity contribution in [2.24, 2.45) is 0 Å². The van der Waals surface area contributed by atoms with Crippen LogP contribution < -0.4 is 10.2 Å². The molecule has 2 aromatic rings. The molecule has 1 aliphatic rings. The Morgan fingerprint density at radius 1 is 1.22 bits per heavy atom. The fourth-order valence-corrected chi connectivity index (χ4v) is 3.10. The Labute approximate surface area is 110 Å². The van der Waals surface area contributed by atoms with Gasteiger partial charge in [-0.15, -0.1) is 11.3 Å². The zero-order valence-corrected chi connectivity index (χ0v) is 10.7. The number of amides is 1. The first-order valence-electron chi connectivity index (χ1n) is 5.99. The molecule has 0 spiro atoms. The number of nitrogens with one attached hydrogen (secondary N) is 1. The molecule has 0 fully saturated rings. The van der Waals surface area contributed by atoms with Crippen LogP contribution in [0.3, 0.4) is 0 Å². The lowest BCUT2D eigenvalue weighted by Gasteiger charge is -2.21. The molecule has 1 aliphatic heterocycles. The van der Waals surface area contributed by atoms with Crippen molar-refractivity contribution in [2.45, 2.75) is 6.54 Å². The van der Waals surface area contributed by atoms with Gasteiger partial charge in [-0.2, -0.15) is 0 Å². The highest BCUT2D eigenvalue weighted by Crippen LogP contribution is 2.30. The van der Waals surface area contributed by atoms with Gasteiger partial charge in [-0.25, -0.2) is 0 Å². The third kappa shape index (κ3) is 2.11. The van der Waals surface area contributed by atoms with Crippen molar-refractivity contribution >= 4 is 22.2 Å². The van der Waals surface area contributed by atoms with Crippen LogP contribution in [0.4, 0.5) is 5.00 Å². The average Bonchev–Trinajstić information content (AvgIpc) is 2.83. The van der Waals surface area contributed by atoms with Gasteiger partial charge in [0, 0.05) is 19.6 Å². The molecule has 4 heteroatoms. The van der Waals surface area contributed by atoms with Crippen molar-refractivity contribution in [3.8, 4) is 0 Å². The third-order valence-electron chi connectivity index (χ3n) is 3.06. The van der Waals surface area contributed by atoms with Crippen LogP contribution in [0.2, 0.25) is 0 Å². The summed E-state index contributed by atoms with van der Waals surface area (Å²) >= 11 is 1.63. The van der Waals surface area contributed by atoms with E-state index in [9.17, 15) is 4.79 Å². The quantitative estimate of drug-likeness (QED) is 0.897. The summed E-state index contributed by atoms with van der Waals surface area (Å²) in [7, 11) is 0. The van der Waals surface area contributed by atoms with E-state index in [2.05, 4.69) is 22.3 Å². The smallest absolute Gasteiger partial charge is 0.254 e. The second kappa shape index (κ2) is 4.82. The molecule has 0 atom stereocenters. The second-order valence-electron chi connectivity index (χ2n) is 4.30. The predicted molar refractivity (Wildman–Crippen MR) is 74.1 cm³/mol. The number of benzene rings is 1. The largest absolute Gasteiger partial charge is 0.357 e. The Balaban J connectivity index is 1.89. The van der Waals surface area contributed by atoms with E-state index in [4.69, 9.17) is 0 Å². The maximum Gasteiger partial charge on any atom is 0.254 e. The summed E-state index contributed by atoms with van der Waals surface area (Å²) in [6, 6.07) is 12.3. The molecule has 0 unspecified atom stereocenters. The van der Waals surface area contributed by atoms with E-state index in [0.717, 1.165) is 23.7 Å². The Hall–Kier alpha value is -1.81. The van der Waals surface area contributed by atoms with E-state index >= 15 is 0 Å². The van der Waals surface area contributed by atoms with E-state index < -0.39 is 0 Å². The molecule has 1 amide bonds. The molecule has 0 saturated heterocycles. The Morgan fingerprint density at radius 2 is 2.06 bits per heavy atom. The van der Waals surface area contributed by atoms with E-state index in [-0.39, 0.29) is 5.91 Å². The molecular weight excluding hydrogens is 244 g/mol. The average molecular weight is 258 g/mol. The van der Waals surface area contributed by atoms with Crippen molar-refractivity contribution in [1.82, 2.24) is 5.32 Å². The summed E-state index contributed by atoms with van der Waals surface area (Å²) in [4.78, 5) is 14.1. The number of carbonyl (C=O) groups excluding carboxylic acids is 1. The first-order valence-corrected chi connectivity index (χ1v) is 6.87. The zero-order valence-electron chi connectivity index (χ0n) is 9.93. The maximum absolute atomic E-state index is 11.8. The number of hydrogen-bond acceptors (Lipinski definition) is 3. The summed E-state index contributed by atoms with van der Waals surface area (Å²) in [5.74, 6) is 0.0433.